The van der Waals surface area contributed by atoms with Gasteiger partial charge in [-0.2, -0.15) is 5.10 Å². The summed E-state index contributed by atoms with van der Waals surface area (Å²) in [5.74, 6) is -0.228. The number of amides is 1. The van der Waals surface area contributed by atoms with Crippen molar-refractivity contribution in [2.45, 2.75) is 26.2 Å². The summed E-state index contributed by atoms with van der Waals surface area (Å²) >= 11 is 21.0. The monoisotopic (exact) mass is 588 g/mol. The molecule has 3 aromatic rings. The summed E-state index contributed by atoms with van der Waals surface area (Å²) in [5, 5.41) is 8.30. The van der Waals surface area contributed by atoms with E-state index < -0.39 is 0 Å². The third-order valence-corrected chi connectivity index (χ3v) is 6.84. The Labute approximate surface area is 209 Å². The van der Waals surface area contributed by atoms with Gasteiger partial charge in [0, 0.05) is 37.8 Å². The normalized spacial score (nSPS) is 14.6. The van der Waals surface area contributed by atoms with Crippen molar-refractivity contribution in [3.63, 3.8) is 0 Å². The zero-order chi connectivity index (χ0) is 22.1. The molecule has 1 fully saturated rings. The van der Waals surface area contributed by atoms with Gasteiger partial charge in [-0.25, -0.2) is 9.69 Å². The summed E-state index contributed by atoms with van der Waals surface area (Å²) < 4.78 is 2.56. The van der Waals surface area contributed by atoms with Gasteiger partial charge in [0.15, 0.2) is 5.69 Å². The number of hydrogen-bond donors (Lipinski definition) is 1. The van der Waals surface area contributed by atoms with Crippen molar-refractivity contribution in [1.29, 1.82) is 0 Å². The van der Waals surface area contributed by atoms with Crippen LogP contribution < -0.4 is 5.43 Å². The first-order chi connectivity index (χ1) is 14.8. The van der Waals surface area contributed by atoms with Crippen LogP contribution in [0.1, 0.15) is 35.3 Å². The number of nitrogens with zero attached hydrogens (tertiary/aromatic N) is 3. The zero-order valence-corrected chi connectivity index (χ0v) is 21.2. The molecule has 0 aliphatic carbocycles. The topological polar surface area (TPSA) is 50.2 Å². The Bertz CT molecular complexity index is 1100. The molecule has 2 heterocycles. The highest BCUT2D eigenvalue weighted by Gasteiger charge is 2.26. The molecule has 1 aliphatic rings. The van der Waals surface area contributed by atoms with Crippen LogP contribution in [0.2, 0.25) is 15.1 Å². The van der Waals surface area contributed by atoms with E-state index in [1.807, 2.05) is 42.3 Å². The summed E-state index contributed by atoms with van der Waals surface area (Å²) in [6.07, 6.45) is 3.33. The number of carbonyl (C=O) groups is 1. The average molecular weight is 590 g/mol. The zero-order valence-electron chi connectivity index (χ0n) is 16.8. The van der Waals surface area contributed by atoms with Gasteiger partial charge in [0.1, 0.15) is 0 Å². The largest absolute Gasteiger partial charge is 0.286 e. The van der Waals surface area contributed by atoms with Crippen LogP contribution in [-0.2, 0) is 0 Å². The number of hydrazine groups is 1. The summed E-state index contributed by atoms with van der Waals surface area (Å²) in [4.78, 5) is 13.1. The van der Waals surface area contributed by atoms with Gasteiger partial charge in [0.25, 0.3) is 5.91 Å². The molecule has 0 saturated carbocycles. The van der Waals surface area contributed by atoms with E-state index in [1.54, 1.807) is 10.7 Å². The molecule has 0 atom stereocenters. The molecule has 1 aromatic heterocycles. The molecule has 0 radical (unpaired) electrons. The van der Waals surface area contributed by atoms with Crippen LogP contribution in [0.15, 0.2) is 36.4 Å². The fourth-order valence-electron chi connectivity index (χ4n) is 3.76. The van der Waals surface area contributed by atoms with E-state index in [0.29, 0.717) is 26.4 Å². The van der Waals surface area contributed by atoms with E-state index in [-0.39, 0.29) is 5.91 Å². The molecule has 0 unspecified atom stereocenters. The Balaban J connectivity index is 1.84. The van der Waals surface area contributed by atoms with Crippen LogP contribution in [0.3, 0.4) is 0 Å². The maximum absolute atomic E-state index is 13.1. The van der Waals surface area contributed by atoms with Crippen LogP contribution in [0.25, 0.3) is 16.9 Å². The van der Waals surface area contributed by atoms with Gasteiger partial charge >= 0.3 is 0 Å². The first-order valence-electron chi connectivity index (χ1n) is 9.91. The summed E-state index contributed by atoms with van der Waals surface area (Å²) in [5.41, 5.74) is 6.47. The van der Waals surface area contributed by atoms with Crippen molar-refractivity contribution in [1.82, 2.24) is 20.2 Å². The first-order valence-corrected chi connectivity index (χ1v) is 12.1. The van der Waals surface area contributed by atoms with Gasteiger partial charge in [-0.3, -0.25) is 10.2 Å². The lowest BCUT2D eigenvalue weighted by Gasteiger charge is -2.26. The van der Waals surface area contributed by atoms with E-state index in [1.165, 1.54) is 6.42 Å². The lowest BCUT2D eigenvalue weighted by molar-refractivity contribution is 0.0743. The van der Waals surface area contributed by atoms with Gasteiger partial charge < -0.3 is 0 Å². The Morgan fingerprint density at radius 2 is 1.71 bits per heavy atom. The van der Waals surface area contributed by atoms with Crippen LogP contribution in [0.5, 0.6) is 0 Å². The van der Waals surface area contributed by atoms with Gasteiger partial charge in [0.2, 0.25) is 0 Å². The third-order valence-electron chi connectivity index (χ3n) is 5.26. The number of benzene rings is 2. The van der Waals surface area contributed by atoms with Crippen molar-refractivity contribution in [2.75, 3.05) is 13.1 Å². The van der Waals surface area contributed by atoms with Crippen molar-refractivity contribution >= 4 is 63.3 Å². The average Bonchev–Trinajstić information content (AvgIpc) is 3.05. The van der Waals surface area contributed by atoms with E-state index in [9.17, 15) is 4.79 Å². The molecule has 2 aromatic carbocycles. The highest BCUT2D eigenvalue weighted by atomic mass is 127. The molecular weight excluding hydrogens is 570 g/mol. The smallest absolute Gasteiger partial charge is 0.283 e. The molecule has 9 heteroatoms. The molecule has 162 valence electrons. The van der Waals surface area contributed by atoms with Crippen molar-refractivity contribution < 1.29 is 4.79 Å². The maximum atomic E-state index is 13.1. The molecule has 1 N–H and O–H groups in total. The van der Waals surface area contributed by atoms with E-state index in [4.69, 9.17) is 39.9 Å². The second-order valence-corrected chi connectivity index (χ2v) is 9.89. The van der Waals surface area contributed by atoms with Gasteiger partial charge in [-0.1, -0.05) is 53.4 Å². The Hall–Kier alpha value is -1.32. The van der Waals surface area contributed by atoms with Crippen molar-refractivity contribution in [3.05, 3.63) is 66.3 Å². The van der Waals surface area contributed by atoms with Gasteiger partial charge in [-0.05, 0) is 66.6 Å². The fraction of sp³-hybridized carbons (Fsp3) is 0.273. The van der Waals surface area contributed by atoms with E-state index >= 15 is 0 Å². The van der Waals surface area contributed by atoms with Crippen LogP contribution in [-0.4, -0.2) is 33.8 Å². The molecule has 1 aliphatic heterocycles. The molecule has 1 saturated heterocycles. The van der Waals surface area contributed by atoms with E-state index in [0.717, 1.165) is 46.3 Å². The summed E-state index contributed by atoms with van der Waals surface area (Å²) in [7, 11) is 0. The van der Waals surface area contributed by atoms with Gasteiger partial charge in [-0.15, -0.1) is 0 Å². The number of carbonyl (C=O) groups excluding carboxylic acids is 1. The standard InChI is InChI=1S/C22H20Cl3IN4O/c1-13-19(22(31)28-29-9-3-2-4-10-29)27-30(20(13)14-5-7-15(23)8-6-14)21-17(25)11-16(24)12-18(21)26/h5-8,11-12H,2-4,9-10H2,1H3,(H,28,31). The molecule has 1 amide bonds. The minimum absolute atomic E-state index is 0.228. The number of rotatable bonds is 4. The lowest BCUT2D eigenvalue weighted by Crippen LogP contribution is -2.45. The molecule has 31 heavy (non-hydrogen) atoms. The summed E-state index contributed by atoms with van der Waals surface area (Å²) in [6.45, 7) is 3.59. The highest BCUT2D eigenvalue weighted by Crippen LogP contribution is 2.35. The van der Waals surface area contributed by atoms with Crippen molar-refractivity contribution in [3.8, 4) is 16.9 Å². The first kappa shape index (κ1) is 22.9. The Kier molecular flexibility index (Phi) is 7.13. The molecule has 4 rings (SSSR count). The minimum atomic E-state index is -0.228. The Morgan fingerprint density at radius 3 is 2.35 bits per heavy atom. The number of halogens is 4. The maximum Gasteiger partial charge on any atom is 0.286 e. The Morgan fingerprint density at radius 1 is 1.03 bits per heavy atom. The van der Waals surface area contributed by atoms with E-state index in [2.05, 4.69) is 28.0 Å². The number of hydrogen-bond acceptors (Lipinski definition) is 3. The van der Waals surface area contributed by atoms with Gasteiger partial charge in [0.05, 0.1) is 16.4 Å². The van der Waals surface area contributed by atoms with Crippen LogP contribution in [0.4, 0.5) is 0 Å². The third kappa shape index (κ3) is 4.88. The fourth-order valence-corrected chi connectivity index (χ4v) is 5.66. The summed E-state index contributed by atoms with van der Waals surface area (Å²) in [6, 6.07) is 10.9. The predicted octanol–water partition coefficient (Wildman–Crippen LogP) is 6.54. The second-order valence-electron chi connectivity index (χ2n) is 7.45. The number of nitrogens with one attached hydrogen (secondary N) is 1. The SMILES string of the molecule is Cc1c(C(=O)NN2CCCCC2)nn(-c2c(Cl)cc(Cl)cc2I)c1-c1ccc(Cl)cc1. The van der Waals surface area contributed by atoms with Crippen LogP contribution in [0, 0.1) is 10.5 Å². The second kappa shape index (κ2) is 9.67. The highest BCUT2D eigenvalue weighted by molar-refractivity contribution is 14.1. The quantitative estimate of drug-likeness (QED) is 0.352. The van der Waals surface area contributed by atoms with Crippen molar-refractivity contribution in [2.24, 2.45) is 0 Å². The molecular formula is C22H20Cl3IN4O. The number of aromatic nitrogens is 2. The number of piperidine rings is 1. The minimum Gasteiger partial charge on any atom is -0.283 e. The van der Waals surface area contributed by atoms with Crippen LogP contribution >= 0.6 is 57.4 Å². The predicted molar refractivity (Wildman–Crippen MR) is 134 cm³/mol. The molecule has 0 bridgehead atoms. The lowest BCUT2D eigenvalue weighted by atomic mass is 10.1. The molecule has 0 spiro atoms. The molecule has 5 nitrogen and oxygen atoms in total.